The van der Waals surface area contributed by atoms with E-state index in [-0.39, 0.29) is 0 Å². The number of imidazole rings is 1. The molecule has 0 aliphatic heterocycles. The Labute approximate surface area is 208 Å². The molecule has 0 amide bonds. The van der Waals surface area contributed by atoms with Gasteiger partial charge in [-0.05, 0) is 55.3 Å². The second-order valence-electron chi connectivity index (χ2n) is 8.38. The number of aryl methyl sites for hydroxylation is 1. The zero-order chi connectivity index (χ0) is 25.2. The van der Waals surface area contributed by atoms with E-state index in [1.54, 1.807) is 26.5 Å². The molecule has 36 heavy (non-hydrogen) atoms. The van der Waals surface area contributed by atoms with E-state index in [1.165, 1.54) is 7.11 Å². The maximum Gasteiger partial charge on any atom is 0.339 e. The Kier molecular flexibility index (Phi) is 6.20. The van der Waals surface area contributed by atoms with Crippen LogP contribution in [0.3, 0.4) is 0 Å². The van der Waals surface area contributed by atoms with Crippen LogP contribution >= 0.6 is 0 Å². The number of anilines is 1. The van der Waals surface area contributed by atoms with E-state index >= 15 is 0 Å². The number of aromatic nitrogens is 4. The standard InChI is InChI=1S/C27H27N5O4/c1-16-20-14-18(6-8-21(20)31-30-16)25-26(32-15-19(27(33)36-4)7-10-24(32)29-25)28-12-11-17-5-9-22(34-2)23(13-17)35-3/h5-10,13-15,28H,11-12H2,1-4H3,(H,30,31). The topological polar surface area (TPSA) is 103 Å². The van der Waals surface area contributed by atoms with Crippen LogP contribution in [0.4, 0.5) is 5.82 Å². The molecule has 5 aromatic rings. The number of fused-ring (bicyclic) bond motifs is 2. The lowest BCUT2D eigenvalue weighted by molar-refractivity contribution is 0.0600. The Balaban J connectivity index is 1.52. The molecule has 0 fully saturated rings. The molecule has 0 unspecified atom stereocenters. The summed E-state index contributed by atoms with van der Waals surface area (Å²) in [6.07, 6.45) is 2.49. The van der Waals surface area contributed by atoms with E-state index in [1.807, 2.05) is 47.7 Å². The first-order valence-corrected chi connectivity index (χ1v) is 11.5. The fraction of sp³-hybridized carbons (Fsp3) is 0.222. The number of carbonyl (C=O) groups excluding carboxylic acids is 1. The van der Waals surface area contributed by atoms with Crippen molar-refractivity contribution in [2.75, 3.05) is 33.2 Å². The van der Waals surface area contributed by atoms with Crippen molar-refractivity contribution in [2.45, 2.75) is 13.3 Å². The predicted octanol–water partition coefficient (Wildman–Crippen LogP) is 4.64. The monoisotopic (exact) mass is 485 g/mol. The molecular weight excluding hydrogens is 458 g/mol. The number of carbonyl (C=O) groups is 1. The number of benzene rings is 2. The van der Waals surface area contributed by atoms with E-state index in [2.05, 4.69) is 21.6 Å². The summed E-state index contributed by atoms with van der Waals surface area (Å²) in [5.41, 5.74) is 5.88. The number of nitrogens with zero attached hydrogens (tertiary/aromatic N) is 3. The van der Waals surface area contributed by atoms with Gasteiger partial charge in [-0.25, -0.2) is 9.78 Å². The van der Waals surface area contributed by atoms with E-state index < -0.39 is 5.97 Å². The van der Waals surface area contributed by atoms with Gasteiger partial charge in [-0.2, -0.15) is 5.10 Å². The van der Waals surface area contributed by atoms with Gasteiger partial charge in [0.05, 0.1) is 38.1 Å². The van der Waals surface area contributed by atoms with Crippen LogP contribution in [0.1, 0.15) is 21.6 Å². The second kappa shape index (κ2) is 9.61. The predicted molar refractivity (Wildman–Crippen MR) is 138 cm³/mol. The van der Waals surface area contributed by atoms with Crippen molar-refractivity contribution in [1.82, 2.24) is 19.6 Å². The molecule has 0 aliphatic carbocycles. The largest absolute Gasteiger partial charge is 0.493 e. The Hall–Kier alpha value is -4.53. The molecule has 0 bridgehead atoms. The molecule has 9 nitrogen and oxygen atoms in total. The van der Waals surface area contributed by atoms with E-state index in [4.69, 9.17) is 19.2 Å². The zero-order valence-corrected chi connectivity index (χ0v) is 20.6. The lowest BCUT2D eigenvalue weighted by Gasteiger charge is -2.12. The van der Waals surface area contributed by atoms with Gasteiger partial charge in [-0.1, -0.05) is 12.1 Å². The van der Waals surface area contributed by atoms with Crippen molar-refractivity contribution >= 4 is 28.3 Å². The third-order valence-corrected chi connectivity index (χ3v) is 6.22. The van der Waals surface area contributed by atoms with Crippen LogP contribution in [-0.2, 0) is 11.2 Å². The maximum atomic E-state index is 12.2. The van der Waals surface area contributed by atoms with E-state index in [0.717, 1.165) is 51.3 Å². The van der Waals surface area contributed by atoms with Crippen molar-refractivity contribution in [3.8, 4) is 22.8 Å². The third-order valence-electron chi connectivity index (χ3n) is 6.22. The van der Waals surface area contributed by atoms with Gasteiger partial charge in [-0.15, -0.1) is 0 Å². The highest BCUT2D eigenvalue weighted by Gasteiger charge is 2.17. The quantitative estimate of drug-likeness (QED) is 0.309. The molecular formula is C27H27N5O4. The van der Waals surface area contributed by atoms with Gasteiger partial charge < -0.3 is 19.5 Å². The minimum atomic E-state index is -0.404. The van der Waals surface area contributed by atoms with Crippen LogP contribution < -0.4 is 14.8 Å². The minimum absolute atomic E-state index is 0.404. The molecule has 2 N–H and O–H groups in total. The highest BCUT2D eigenvalue weighted by atomic mass is 16.5. The molecule has 0 spiro atoms. The van der Waals surface area contributed by atoms with Crippen LogP contribution in [0.25, 0.3) is 27.8 Å². The van der Waals surface area contributed by atoms with Gasteiger partial charge in [0.25, 0.3) is 0 Å². The number of ether oxygens (including phenoxy) is 3. The summed E-state index contributed by atoms with van der Waals surface area (Å²) >= 11 is 0. The first kappa shape index (κ1) is 23.2. The van der Waals surface area contributed by atoms with Crippen LogP contribution in [-0.4, -0.2) is 53.4 Å². The Bertz CT molecular complexity index is 1570. The molecule has 0 saturated carbocycles. The molecule has 9 heteroatoms. The van der Waals surface area contributed by atoms with Gasteiger partial charge in [-0.3, -0.25) is 9.50 Å². The molecule has 0 aliphatic rings. The summed E-state index contributed by atoms with van der Waals surface area (Å²) < 4.78 is 17.6. The van der Waals surface area contributed by atoms with E-state index in [0.29, 0.717) is 23.6 Å². The summed E-state index contributed by atoms with van der Waals surface area (Å²) in [7, 11) is 4.62. The molecule has 0 atom stereocenters. The first-order chi connectivity index (χ1) is 17.5. The van der Waals surface area contributed by atoms with Crippen LogP contribution in [0, 0.1) is 6.92 Å². The third kappa shape index (κ3) is 4.19. The molecule has 184 valence electrons. The van der Waals surface area contributed by atoms with Gasteiger partial charge in [0.15, 0.2) is 11.5 Å². The van der Waals surface area contributed by atoms with Crippen molar-refractivity contribution in [3.05, 3.63) is 71.5 Å². The molecule has 2 aromatic carbocycles. The number of hydrogen-bond acceptors (Lipinski definition) is 7. The normalized spacial score (nSPS) is 11.1. The molecule has 0 radical (unpaired) electrons. The molecule has 3 heterocycles. The molecule has 0 saturated heterocycles. The van der Waals surface area contributed by atoms with Gasteiger partial charge in [0, 0.05) is 23.7 Å². The number of esters is 1. The number of pyridine rings is 1. The molecule has 3 aromatic heterocycles. The summed E-state index contributed by atoms with van der Waals surface area (Å²) in [4.78, 5) is 17.1. The number of rotatable bonds is 8. The Morgan fingerprint density at radius 3 is 2.64 bits per heavy atom. The van der Waals surface area contributed by atoms with Gasteiger partial charge in [0.1, 0.15) is 17.2 Å². The number of aromatic amines is 1. The zero-order valence-electron chi connectivity index (χ0n) is 20.6. The number of nitrogens with one attached hydrogen (secondary N) is 2. The van der Waals surface area contributed by atoms with Crippen molar-refractivity contribution < 1.29 is 19.0 Å². The van der Waals surface area contributed by atoms with Gasteiger partial charge in [0.2, 0.25) is 0 Å². The lowest BCUT2D eigenvalue weighted by atomic mass is 10.1. The smallest absolute Gasteiger partial charge is 0.339 e. The van der Waals surface area contributed by atoms with Crippen LogP contribution in [0.15, 0.2) is 54.7 Å². The minimum Gasteiger partial charge on any atom is -0.493 e. The highest BCUT2D eigenvalue weighted by molar-refractivity contribution is 5.91. The summed E-state index contributed by atoms with van der Waals surface area (Å²) in [6.45, 7) is 2.60. The summed E-state index contributed by atoms with van der Waals surface area (Å²) in [6, 6.07) is 15.5. The van der Waals surface area contributed by atoms with Crippen LogP contribution in [0.2, 0.25) is 0 Å². The first-order valence-electron chi connectivity index (χ1n) is 11.5. The van der Waals surface area contributed by atoms with Crippen molar-refractivity contribution in [1.29, 1.82) is 0 Å². The number of methoxy groups -OCH3 is 3. The average Bonchev–Trinajstić information content (AvgIpc) is 3.47. The van der Waals surface area contributed by atoms with Crippen LogP contribution in [0.5, 0.6) is 11.5 Å². The summed E-state index contributed by atoms with van der Waals surface area (Å²) in [5.74, 6) is 1.77. The highest BCUT2D eigenvalue weighted by Crippen LogP contribution is 2.32. The van der Waals surface area contributed by atoms with Crippen molar-refractivity contribution in [3.63, 3.8) is 0 Å². The Morgan fingerprint density at radius 2 is 1.86 bits per heavy atom. The van der Waals surface area contributed by atoms with Gasteiger partial charge >= 0.3 is 5.97 Å². The van der Waals surface area contributed by atoms with Crippen molar-refractivity contribution in [2.24, 2.45) is 0 Å². The second-order valence-corrected chi connectivity index (χ2v) is 8.38. The number of hydrogen-bond donors (Lipinski definition) is 2. The SMILES string of the molecule is COC(=O)c1ccc2nc(-c3ccc4[nH]nc(C)c4c3)c(NCCc3ccc(OC)c(OC)c3)n2c1. The fourth-order valence-electron chi connectivity index (χ4n) is 4.31. The maximum absolute atomic E-state index is 12.2. The average molecular weight is 486 g/mol. The summed E-state index contributed by atoms with van der Waals surface area (Å²) in [5, 5.41) is 11.9. The number of H-pyrrole nitrogens is 1. The Morgan fingerprint density at radius 1 is 1.03 bits per heavy atom. The molecule has 5 rings (SSSR count). The fourth-order valence-corrected chi connectivity index (χ4v) is 4.31. The lowest BCUT2D eigenvalue weighted by Crippen LogP contribution is -2.09. The van der Waals surface area contributed by atoms with E-state index in [9.17, 15) is 4.79 Å².